The number of ketones is 1. The lowest BCUT2D eigenvalue weighted by atomic mass is 9.92. The van der Waals surface area contributed by atoms with Gasteiger partial charge in [-0.3, -0.25) is 4.79 Å². The minimum Gasteiger partial charge on any atom is -0.457 e. The zero-order valence-corrected chi connectivity index (χ0v) is 9.24. The largest absolute Gasteiger partial charge is 0.457 e. The highest BCUT2D eigenvalue weighted by atomic mass is 16.5. The molecule has 0 saturated heterocycles. The van der Waals surface area contributed by atoms with Gasteiger partial charge in [-0.1, -0.05) is 19.9 Å². The molecular weight excluding hydrogens is 180 g/mol. The summed E-state index contributed by atoms with van der Waals surface area (Å²) in [5.41, 5.74) is 0. The van der Waals surface area contributed by atoms with Gasteiger partial charge in [0.05, 0.1) is 6.10 Å². The van der Waals surface area contributed by atoms with Crippen LogP contribution in [0.4, 0.5) is 0 Å². The molecule has 0 aromatic rings. The summed E-state index contributed by atoms with van der Waals surface area (Å²) in [6.45, 7) is 10.6. The van der Waals surface area contributed by atoms with Crippen LogP contribution in [0.25, 0.3) is 0 Å². The molecule has 0 unspecified atom stereocenters. The standard InChI is InChI=1S/C11H18O3/c1-6-8(4)9(5)10(12)11(13)14-7(2)3/h6-9H,1H2,2-5H3/t8-,9+/m1/s1. The monoisotopic (exact) mass is 198 g/mol. The molecule has 3 nitrogen and oxygen atoms in total. The second-order valence-corrected chi connectivity index (χ2v) is 3.70. The third-order valence-corrected chi connectivity index (χ3v) is 2.12. The Bertz CT molecular complexity index is 231. The van der Waals surface area contributed by atoms with Crippen LogP contribution in [-0.4, -0.2) is 17.9 Å². The number of esters is 1. The summed E-state index contributed by atoms with van der Waals surface area (Å²) in [7, 11) is 0. The number of rotatable bonds is 5. The van der Waals surface area contributed by atoms with E-state index in [4.69, 9.17) is 4.74 Å². The molecule has 0 spiro atoms. The van der Waals surface area contributed by atoms with Crippen molar-refractivity contribution in [1.82, 2.24) is 0 Å². The van der Waals surface area contributed by atoms with Crippen LogP contribution in [0.5, 0.6) is 0 Å². The lowest BCUT2D eigenvalue weighted by molar-refractivity contribution is -0.158. The number of carbonyl (C=O) groups excluding carboxylic acids is 2. The number of Topliss-reactive ketones (excluding diaryl/α,β-unsaturated/α-hetero) is 1. The first-order chi connectivity index (χ1) is 6.40. The van der Waals surface area contributed by atoms with Crippen LogP contribution in [0.2, 0.25) is 0 Å². The molecule has 14 heavy (non-hydrogen) atoms. The molecule has 80 valence electrons. The minimum atomic E-state index is -0.749. The topological polar surface area (TPSA) is 43.4 Å². The summed E-state index contributed by atoms with van der Waals surface area (Å²) in [4.78, 5) is 22.7. The lowest BCUT2D eigenvalue weighted by Gasteiger charge is -2.14. The van der Waals surface area contributed by atoms with Crippen molar-refractivity contribution >= 4 is 11.8 Å². The fourth-order valence-corrected chi connectivity index (χ4v) is 0.901. The highest BCUT2D eigenvalue weighted by Crippen LogP contribution is 2.13. The summed E-state index contributed by atoms with van der Waals surface area (Å²) < 4.78 is 4.81. The average molecular weight is 198 g/mol. The summed E-state index contributed by atoms with van der Waals surface area (Å²) >= 11 is 0. The number of hydrogen-bond donors (Lipinski definition) is 0. The van der Waals surface area contributed by atoms with E-state index < -0.39 is 11.8 Å². The summed E-state index contributed by atoms with van der Waals surface area (Å²) in [6.07, 6.45) is 1.41. The van der Waals surface area contributed by atoms with Crippen LogP contribution in [0, 0.1) is 11.8 Å². The Kier molecular flexibility index (Phi) is 5.13. The minimum absolute atomic E-state index is 0.0118. The summed E-state index contributed by atoms with van der Waals surface area (Å²) in [5.74, 6) is -1.60. The fraction of sp³-hybridized carbons (Fsp3) is 0.636. The number of ether oxygens (including phenoxy) is 1. The van der Waals surface area contributed by atoms with Gasteiger partial charge in [-0.15, -0.1) is 6.58 Å². The number of hydrogen-bond acceptors (Lipinski definition) is 3. The van der Waals surface area contributed by atoms with E-state index in [0.29, 0.717) is 0 Å². The molecule has 2 atom stereocenters. The maximum absolute atomic E-state index is 11.5. The predicted octanol–water partition coefficient (Wildman–Crippen LogP) is 1.97. The van der Waals surface area contributed by atoms with Gasteiger partial charge < -0.3 is 4.74 Å². The van der Waals surface area contributed by atoms with E-state index in [2.05, 4.69) is 6.58 Å². The number of allylic oxidation sites excluding steroid dienone is 1. The summed E-state index contributed by atoms with van der Waals surface area (Å²) in [5, 5.41) is 0. The van der Waals surface area contributed by atoms with Crippen molar-refractivity contribution in [2.45, 2.75) is 33.8 Å². The van der Waals surface area contributed by atoms with Crippen LogP contribution >= 0.6 is 0 Å². The van der Waals surface area contributed by atoms with Gasteiger partial charge in [-0.2, -0.15) is 0 Å². The quantitative estimate of drug-likeness (QED) is 0.385. The molecule has 0 rings (SSSR count). The Morgan fingerprint density at radius 2 is 1.71 bits per heavy atom. The Morgan fingerprint density at radius 1 is 1.21 bits per heavy atom. The smallest absolute Gasteiger partial charge is 0.375 e. The number of carbonyl (C=O) groups is 2. The Labute approximate surface area is 85.1 Å². The van der Waals surface area contributed by atoms with Crippen molar-refractivity contribution in [3.8, 4) is 0 Å². The van der Waals surface area contributed by atoms with E-state index in [1.54, 1.807) is 26.8 Å². The maximum atomic E-state index is 11.5. The molecule has 0 aromatic heterocycles. The molecule has 0 aliphatic heterocycles. The van der Waals surface area contributed by atoms with Crippen molar-refractivity contribution in [2.24, 2.45) is 11.8 Å². The molecule has 0 radical (unpaired) electrons. The van der Waals surface area contributed by atoms with Gasteiger partial charge in [-0.25, -0.2) is 4.79 Å². The van der Waals surface area contributed by atoms with Gasteiger partial charge in [-0.05, 0) is 19.8 Å². The van der Waals surface area contributed by atoms with Gasteiger partial charge >= 0.3 is 5.97 Å². The molecule has 0 aliphatic carbocycles. The Balaban J connectivity index is 4.31. The van der Waals surface area contributed by atoms with Crippen LogP contribution in [0.1, 0.15) is 27.7 Å². The zero-order chi connectivity index (χ0) is 11.3. The molecule has 0 fully saturated rings. The molecule has 3 heteroatoms. The van der Waals surface area contributed by atoms with E-state index in [9.17, 15) is 9.59 Å². The first-order valence-electron chi connectivity index (χ1n) is 4.77. The highest BCUT2D eigenvalue weighted by Gasteiger charge is 2.26. The van der Waals surface area contributed by atoms with E-state index in [1.807, 2.05) is 6.92 Å². The van der Waals surface area contributed by atoms with Crippen molar-refractivity contribution in [3.63, 3.8) is 0 Å². The van der Waals surface area contributed by atoms with Crippen LogP contribution in [-0.2, 0) is 14.3 Å². The van der Waals surface area contributed by atoms with Gasteiger partial charge in [0.1, 0.15) is 0 Å². The SMILES string of the molecule is C=C[C@@H](C)[C@H](C)C(=O)C(=O)OC(C)C. The molecular formula is C11H18O3. The van der Waals surface area contributed by atoms with Crippen molar-refractivity contribution in [2.75, 3.05) is 0 Å². The third kappa shape index (κ3) is 3.73. The Hall–Kier alpha value is -1.12. The molecule has 0 aliphatic rings. The van der Waals surface area contributed by atoms with E-state index in [-0.39, 0.29) is 17.9 Å². The summed E-state index contributed by atoms with van der Waals surface area (Å²) in [6, 6.07) is 0. The Morgan fingerprint density at radius 3 is 2.07 bits per heavy atom. The van der Waals surface area contributed by atoms with Gasteiger partial charge in [0, 0.05) is 5.92 Å². The average Bonchev–Trinajstić information content (AvgIpc) is 2.13. The molecule has 0 aromatic carbocycles. The molecule has 0 saturated carbocycles. The maximum Gasteiger partial charge on any atom is 0.375 e. The van der Waals surface area contributed by atoms with Crippen molar-refractivity contribution in [3.05, 3.63) is 12.7 Å². The normalized spacial score (nSPS) is 14.6. The first-order valence-corrected chi connectivity index (χ1v) is 4.77. The van der Waals surface area contributed by atoms with Gasteiger partial charge in [0.25, 0.3) is 0 Å². The van der Waals surface area contributed by atoms with Crippen molar-refractivity contribution < 1.29 is 14.3 Å². The predicted molar refractivity (Wildman–Crippen MR) is 54.8 cm³/mol. The van der Waals surface area contributed by atoms with Gasteiger partial charge in [0.15, 0.2) is 0 Å². The lowest BCUT2D eigenvalue weighted by Crippen LogP contribution is -2.29. The second kappa shape index (κ2) is 5.58. The molecule has 0 bridgehead atoms. The molecule has 0 N–H and O–H groups in total. The fourth-order valence-electron chi connectivity index (χ4n) is 0.901. The third-order valence-electron chi connectivity index (χ3n) is 2.12. The zero-order valence-electron chi connectivity index (χ0n) is 9.24. The van der Waals surface area contributed by atoms with E-state index in [0.717, 1.165) is 0 Å². The second-order valence-electron chi connectivity index (χ2n) is 3.70. The highest BCUT2D eigenvalue weighted by molar-refractivity contribution is 6.34. The van der Waals surface area contributed by atoms with Crippen molar-refractivity contribution in [1.29, 1.82) is 0 Å². The van der Waals surface area contributed by atoms with Gasteiger partial charge in [0.2, 0.25) is 5.78 Å². The molecule has 0 amide bonds. The molecule has 0 heterocycles. The van der Waals surface area contributed by atoms with Crippen LogP contribution < -0.4 is 0 Å². The van der Waals surface area contributed by atoms with Crippen LogP contribution in [0.15, 0.2) is 12.7 Å². The van der Waals surface area contributed by atoms with Crippen LogP contribution in [0.3, 0.4) is 0 Å². The first kappa shape index (κ1) is 12.9. The van der Waals surface area contributed by atoms with E-state index in [1.165, 1.54) is 0 Å². The van der Waals surface area contributed by atoms with E-state index >= 15 is 0 Å².